The number of carbonyl (C=O) groups is 2. The van der Waals surface area contributed by atoms with Crippen LogP contribution in [-0.2, 0) is 14.3 Å². The Labute approximate surface area is 113 Å². The Morgan fingerprint density at radius 1 is 1.58 bits per heavy atom. The maximum Gasteiger partial charge on any atom is 0.313 e. The molecule has 1 saturated carbocycles. The predicted octanol–water partition coefficient (Wildman–Crippen LogP) is 2.70. The van der Waals surface area contributed by atoms with Gasteiger partial charge >= 0.3 is 5.97 Å². The smallest absolute Gasteiger partial charge is 0.313 e. The highest BCUT2D eigenvalue weighted by atomic mass is 16.5. The minimum absolute atomic E-state index is 0.282. The van der Waals surface area contributed by atoms with Gasteiger partial charge < -0.3 is 9.84 Å². The van der Waals surface area contributed by atoms with E-state index in [1.807, 2.05) is 6.08 Å². The molecule has 2 atom stereocenters. The highest BCUT2D eigenvalue weighted by molar-refractivity contribution is 5.79. The molecule has 2 aliphatic carbocycles. The second-order valence-electron chi connectivity index (χ2n) is 5.70. The van der Waals surface area contributed by atoms with E-state index >= 15 is 0 Å². The van der Waals surface area contributed by atoms with Crippen LogP contribution in [0.15, 0.2) is 24.0 Å². The molecule has 2 rings (SSSR count). The molecule has 0 spiro atoms. The molecule has 1 N–H and O–H groups in total. The fourth-order valence-corrected chi connectivity index (χ4v) is 2.57. The van der Waals surface area contributed by atoms with E-state index in [1.54, 1.807) is 19.1 Å². The standard InChI is InChI=1S/C15H20O4/c1-15(14(17)18)7-3-6-13(9-15)19-10-11-4-2-5-12(16)8-11/h3,6-7,11H,2,4-5,8-10H2,1H3,(H,17,18). The highest BCUT2D eigenvalue weighted by Crippen LogP contribution is 2.32. The maximum absolute atomic E-state index is 11.4. The number of ether oxygens (including phenoxy) is 1. The predicted molar refractivity (Wildman–Crippen MR) is 70.5 cm³/mol. The Balaban J connectivity index is 1.87. The van der Waals surface area contributed by atoms with E-state index in [-0.39, 0.29) is 5.92 Å². The molecule has 0 aromatic rings. The summed E-state index contributed by atoms with van der Waals surface area (Å²) in [5.41, 5.74) is -0.882. The van der Waals surface area contributed by atoms with Crippen LogP contribution >= 0.6 is 0 Å². The molecule has 0 bridgehead atoms. The Morgan fingerprint density at radius 2 is 2.37 bits per heavy atom. The lowest BCUT2D eigenvalue weighted by molar-refractivity contribution is -0.145. The zero-order valence-corrected chi connectivity index (χ0v) is 11.2. The van der Waals surface area contributed by atoms with E-state index in [1.165, 1.54) is 0 Å². The lowest BCUT2D eigenvalue weighted by Crippen LogP contribution is -2.28. The molecule has 1 fully saturated rings. The van der Waals surface area contributed by atoms with Crippen LogP contribution in [0.25, 0.3) is 0 Å². The third-order valence-corrected chi connectivity index (χ3v) is 3.86. The van der Waals surface area contributed by atoms with Gasteiger partial charge in [0.15, 0.2) is 0 Å². The van der Waals surface area contributed by atoms with Crippen molar-refractivity contribution in [2.24, 2.45) is 11.3 Å². The van der Waals surface area contributed by atoms with Crippen LogP contribution in [0.1, 0.15) is 39.0 Å². The largest absolute Gasteiger partial charge is 0.498 e. The maximum atomic E-state index is 11.4. The lowest BCUT2D eigenvalue weighted by Gasteiger charge is -2.27. The molecule has 0 aromatic heterocycles. The molecule has 0 radical (unpaired) electrons. The summed E-state index contributed by atoms with van der Waals surface area (Å²) in [5, 5.41) is 9.19. The lowest BCUT2D eigenvalue weighted by atomic mass is 9.83. The van der Waals surface area contributed by atoms with Gasteiger partial charge in [-0.2, -0.15) is 0 Å². The minimum Gasteiger partial charge on any atom is -0.498 e. The average molecular weight is 264 g/mol. The molecule has 0 aromatic carbocycles. The van der Waals surface area contributed by atoms with Gasteiger partial charge in [0.1, 0.15) is 5.78 Å². The summed E-state index contributed by atoms with van der Waals surface area (Å²) in [5.74, 6) is 0.452. The molecular weight excluding hydrogens is 244 g/mol. The summed E-state index contributed by atoms with van der Waals surface area (Å²) in [6.45, 7) is 2.20. The first-order valence-corrected chi connectivity index (χ1v) is 6.76. The van der Waals surface area contributed by atoms with Crippen LogP contribution in [0.2, 0.25) is 0 Å². The fourth-order valence-electron chi connectivity index (χ4n) is 2.57. The van der Waals surface area contributed by atoms with Gasteiger partial charge in [0.05, 0.1) is 17.8 Å². The van der Waals surface area contributed by atoms with Crippen molar-refractivity contribution in [3.63, 3.8) is 0 Å². The molecule has 0 saturated heterocycles. The van der Waals surface area contributed by atoms with Crippen LogP contribution < -0.4 is 0 Å². The summed E-state index contributed by atoms with van der Waals surface area (Å²) in [6.07, 6.45) is 8.86. The van der Waals surface area contributed by atoms with Crippen molar-refractivity contribution in [3.8, 4) is 0 Å². The number of allylic oxidation sites excluding steroid dienone is 3. The van der Waals surface area contributed by atoms with Gasteiger partial charge in [0.2, 0.25) is 0 Å². The number of Topliss-reactive ketones (excluding diaryl/α,β-unsaturated/α-hetero) is 1. The molecule has 4 heteroatoms. The van der Waals surface area contributed by atoms with Gasteiger partial charge in [0.25, 0.3) is 0 Å². The van der Waals surface area contributed by atoms with Crippen molar-refractivity contribution in [3.05, 3.63) is 24.0 Å². The van der Waals surface area contributed by atoms with Crippen molar-refractivity contribution in [1.82, 2.24) is 0 Å². The van der Waals surface area contributed by atoms with E-state index < -0.39 is 11.4 Å². The zero-order chi connectivity index (χ0) is 13.9. The minimum atomic E-state index is -0.882. The van der Waals surface area contributed by atoms with Gasteiger partial charge in [-0.25, -0.2) is 0 Å². The summed E-state index contributed by atoms with van der Waals surface area (Å²) < 4.78 is 5.71. The molecule has 0 aliphatic heterocycles. The third-order valence-electron chi connectivity index (χ3n) is 3.86. The van der Waals surface area contributed by atoms with Crippen LogP contribution in [0, 0.1) is 11.3 Å². The van der Waals surface area contributed by atoms with E-state index in [4.69, 9.17) is 4.74 Å². The van der Waals surface area contributed by atoms with Crippen molar-refractivity contribution in [2.45, 2.75) is 39.0 Å². The van der Waals surface area contributed by atoms with Gasteiger partial charge in [-0.15, -0.1) is 0 Å². The second-order valence-corrected chi connectivity index (χ2v) is 5.70. The monoisotopic (exact) mass is 264 g/mol. The molecule has 0 amide bonds. The Hall–Kier alpha value is -1.58. The molecular formula is C15H20O4. The van der Waals surface area contributed by atoms with Gasteiger partial charge in [-0.3, -0.25) is 9.59 Å². The van der Waals surface area contributed by atoms with E-state index in [9.17, 15) is 14.7 Å². The quantitative estimate of drug-likeness (QED) is 0.848. The molecule has 4 nitrogen and oxygen atoms in total. The normalized spacial score (nSPS) is 30.9. The molecule has 104 valence electrons. The molecule has 0 heterocycles. The first-order valence-electron chi connectivity index (χ1n) is 6.76. The van der Waals surface area contributed by atoms with Crippen LogP contribution in [0.4, 0.5) is 0 Å². The first-order chi connectivity index (χ1) is 8.99. The number of aliphatic carboxylic acids is 1. The number of carboxylic acid groups (broad SMARTS) is 1. The fraction of sp³-hybridized carbons (Fsp3) is 0.600. The van der Waals surface area contributed by atoms with Gasteiger partial charge in [-0.05, 0) is 31.8 Å². The van der Waals surface area contributed by atoms with E-state index in [0.717, 1.165) is 12.8 Å². The van der Waals surface area contributed by atoms with Crippen molar-refractivity contribution in [1.29, 1.82) is 0 Å². The Bertz CT molecular complexity index is 435. The third kappa shape index (κ3) is 3.46. The number of rotatable bonds is 4. The van der Waals surface area contributed by atoms with Gasteiger partial charge in [0, 0.05) is 19.3 Å². The number of hydrogen-bond acceptors (Lipinski definition) is 3. The van der Waals surface area contributed by atoms with Crippen molar-refractivity contribution >= 4 is 11.8 Å². The summed E-state index contributed by atoms with van der Waals surface area (Å²) in [6, 6.07) is 0. The highest BCUT2D eigenvalue weighted by Gasteiger charge is 2.33. The topological polar surface area (TPSA) is 63.6 Å². The van der Waals surface area contributed by atoms with Crippen molar-refractivity contribution in [2.75, 3.05) is 6.61 Å². The number of ketones is 1. The molecule has 19 heavy (non-hydrogen) atoms. The number of carbonyl (C=O) groups excluding carboxylic acids is 1. The van der Waals surface area contributed by atoms with Crippen LogP contribution in [0.5, 0.6) is 0 Å². The summed E-state index contributed by atoms with van der Waals surface area (Å²) in [7, 11) is 0. The number of carboxylic acids is 1. The second kappa shape index (κ2) is 5.59. The zero-order valence-electron chi connectivity index (χ0n) is 11.2. The van der Waals surface area contributed by atoms with Crippen molar-refractivity contribution < 1.29 is 19.4 Å². The molecule has 2 unspecified atom stereocenters. The number of hydrogen-bond donors (Lipinski definition) is 1. The van der Waals surface area contributed by atoms with Gasteiger partial charge in [-0.1, -0.05) is 12.2 Å². The Morgan fingerprint density at radius 3 is 3.05 bits per heavy atom. The average Bonchev–Trinajstić information content (AvgIpc) is 2.36. The van der Waals surface area contributed by atoms with Crippen LogP contribution in [-0.4, -0.2) is 23.5 Å². The SMILES string of the molecule is CC1(C(=O)O)C=CC=C(OCC2CCCC(=O)C2)C1. The summed E-state index contributed by atoms with van der Waals surface area (Å²) >= 11 is 0. The van der Waals surface area contributed by atoms with E-state index in [0.29, 0.717) is 37.4 Å². The summed E-state index contributed by atoms with van der Waals surface area (Å²) in [4.78, 5) is 22.5. The van der Waals surface area contributed by atoms with E-state index in [2.05, 4.69) is 0 Å². The first kappa shape index (κ1) is 13.8. The molecule has 2 aliphatic rings. The Kier molecular flexibility index (Phi) is 4.08. The van der Waals surface area contributed by atoms with Crippen LogP contribution in [0.3, 0.4) is 0 Å².